The Balaban J connectivity index is 1.72. The molecule has 1 N–H and O–H groups in total. The molecule has 2 aromatic carbocycles. The summed E-state index contributed by atoms with van der Waals surface area (Å²) in [5, 5.41) is 2.26. The number of aryl methyl sites for hydroxylation is 1. The lowest BCUT2D eigenvalue weighted by Gasteiger charge is -2.15. The van der Waals surface area contributed by atoms with Crippen LogP contribution >= 0.6 is 11.8 Å². The van der Waals surface area contributed by atoms with E-state index in [0.717, 1.165) is 28.6 Å². The van der Waals surface area contributed by atoms with Gasteiger partial charge in [-0.2, -0.15) is 0 Å². The van der Waals surface area contributed by atoms with Crippen molar-refractivity contribution in [3.63, 3.8) is 0 Å². The number of ether oxygens (including phenoxy) is 2. The third kappa shape index (κ3) is 5.50. The van der Waals surface area contributed by atoms with Crippen molar-refractivity contribution in [2.24, 2.45) is 0 Å². The molecular formula is C24H26N2O5S. The van der Waals surface area contributed by atoms with Gasteiger partial charge in [0.05, 0.1) is 18.1 Å². The van der Waals surface area contributed by atoms with E-state index < -0.39 is 17.1 Å². The Hall–Kier alpha value is -3.26. The highest BCUT2D eigenvalue weighted by molar-refractivity contribution is 8.18. The van der Waals surface area contributed by atoms with Crippen LogP contribution in [0, 0.1) is 6.92 Å². The molecule has 0 bridgehead atoms. The van der Waals surface area contributed by atoms with Gasteiger partial charge in [-0.25, -0.2) is 0 Å². The zero-order chi connectivity index (χ0) is 23.3. The maximum absolute atomic E-state index is 12.8. The summed E-state index contributed by atoms with van der Waals surface area (Å²) in [5.74, 6) is 0.214. The van der Waals surface area contributed by atoms with Crippen molar-refractivity contribution in [2.75, 3.05) is 19.0 Å². The van der Waals surface area contributed by atoms with Gasteiger partial charge in [0, 0.05) is 5.69 Å². The zero-order valence-corrected chi connectivity index (χ0v) is 19.3. The SMILES string of the molecule is CC[C@@H](C)Oc1ccc(/C=C2\SC(=O)N(CC(=O)Nc3ccccc3C)C2=O)cc1OC. The van der Waals surface area contributed by atoms with Gasteiger partial charge >= 0.3 is 0 Å². The Morgan fingerprint density at radius 1 is 1.19 bits per heavy atom. The first-order valence-corrected chi connectivity index (χ1v) is 11.1. The predicted molar refractivity (Wildman–Crippen MR) is 126 cm³/mol. The van der Waals surface area contributed by atoms with Crippen molar-refractivity contribution in [2.45, 2.75) is 33.3 Å². The second kappa shape index (κ2) is 10.4. The van der Waals surface area contributed by atoms with Gasteiger partial charge in [0.1, 0.15) is 6.54 Å². The summed E-state index contributed by atoms with van der Waals surface area (Å²) in [5.41, 5.74) is 2.23. The van der Waals surface area contributed by atoms with Crippen LogP contribution in [-0.4, -0.2) is 41.7 Å². The van der Waals surface area contributed by atoms with Gasteiger partial charge in [0.2, 0.25) is 5.91 Å². The molecule has 1 aliphatic heterocycles. The number of anilines is 1. The van der Waals surface area contributed by atoms with E-state index in [-0.39, 0.29) is 17.6 Å². The van der Waals surface area contributed by atoms with Gasteiger partial charge in [0.15, 0.2) is 11.5 Å². The molecule has 1 heterocycles. The van der Waals surface area contributed by atoms with E-state index in [0.29, 0.717) is 22.7 Å². The molecule has 0 aromatic heterocycles. The van der Waals surface area contributed by atoms with Crippen LogP contribution in [0.5, 0.6) is 11.5 Å². The highest BCUT2D eigenvalue weighted by Gasteiger charge is 2.36. The molecule has 3 amide bonds. The van der Waals surface area contributed by atoms with E-state index in [4.69, 9.17) is 9.47 Å². The molecule has 0 radical (unpaired) electrons. The minimum atomic E-state index is -0.501. The molecule has 0 spiro atoms. The van der Waals surface area contributed by atoms with Crippen LogP contribution in [-0.2, 0) is 9.59 Å². The number of rotatable bonds is 8. The number of thioether (sulfide) groups is 1. The summed E-state index contributed by atoms with van der Waals surface area (Å²) in [4.78, 5) is 38.7. The largest absolute Gasteiger partial charge is 0.493 e. The fourth-order valence-electron chi connectivity index (χ4n) is 3.01. The van der Waals surface area contributed by atoms with Gasteiger partial charge in [0.25, 0.3) is 11.1 Å². The van der Waals surface area contributed by atoms with Crippen LogP contribution in [0.1, 0.15) is 31.4 Å². The number of para-hydroxylation sites is 1. The summed E-state index contributed by atoms with van der Waals surface area (Å²) in [6, 6.07) is 12.6. The number of hydrogen-bond acceptors (Lipinski definition) is 6. The molecule has 168 valence electrons. The van der Waals surface area contributed by atoms with Crippen molar-refractivity contribution < 1.29 is 23.9 Å². The number of nitrogens with one attached hydrogen (secondary N) is 1. The Kier molecular flexibility index (Phi) is 7.58. The topological polar surface area (TPSA) is 84.9 Å². The summed E-state index contributed by atoms with van der Waals surface area (Å²) in [7, 11) is 1.55. The second-order valence-electron chi connectivity index (χ2n) is 7.38. The number of hydrogen-bond donors (Lipinski definition) is 1. The van der Waals surface area contributed by atoms with Gasteiger partial charge in [-0.15, -0.1) is 0 Å². The van der Waals surface area contributed by atoms with Gasteiger partial charge in [-0.1, -0.05) is 31.2 Å². The van der Waals surface area contributed by atoms with Crippen LogP contribution in [0.15, 0.2) is 47.4 Å². The standard InChI is InChI=1S/C24H26N2O5S/c1-5-16(3)31-19-11-10-17(12-20(19)30-4)13-21-23(28)26(24(29)32-21)14-22(27)25-18-9-7-6-8-15(18)2/h6-13,16H,5,14H2,1-4H3,(H,25,27)/b21-13-/t16-/m1/s1. The summed E-state index contributed by atoms with van der Waals surface area (Å²) < 4.78 is 11.2. The lowest BCUT2D eigenvalue weighted by atomic mass is 10.1. The average molecular weight is 455 g/mol. The monoisotopic (exact) mass is 454 g/mol. The lowest BCUT2D eigenvalue weighted by molar-refractivity contribution is -0.127. The average Bonchev–Trinajstić information content (AvgIpc) is 3.03. The van der Waals surface area contributed by atoms with E-state index in [9.17, 15) is 14.4 Å². The number of nitrogens with zero attached hydrogens (tertiary/aromatic N) is 1. The van der Waals surface area contributed by atoms with E-state index in [1.165, 1.54) is 0 Å². The Morgan fingerprint density at radius 3 is 2.62 bits per heavy atom. The molecule has 0 aliphatic carbocycles. The number of benzene rings is 2. The maximum Gasteiger partial charge on any atom is 0.294 e. The number of carbonyl (C=O) groups excluding carboxylic acids is 3. The summed E-state index contributed by atoms with van der Waals surface area (Å²) >= 11 is 0.806. The fraction of sp³-hybridized carbons (Fsp3) is 0.292. The van der Waals surface area contributed by atoms with Gasteiger partial charge in [-0.05, 0) is 67.4 Å². The molecule has 1 aliphatic rings. The van der Waals surface area contributed by atoms with Crippen molar-refractivity contribution in [1.29, 1.82) is 0 Å². The van der Waals surface area contributed by atoms with E-state index >= 15 is 0 Å². The molecule has 2 aromatic rings. The Labute approximate surface area is 191 Å². The molecule has 1 atom stereocenters. The fourth-order valence-corrected chi connectivity index (χ4v) is 3.84. The van der Waals surface area contributed by atoms with Gasteiger partial charge < -0.3 is 14.8 Å². The molecular weight excluding hydrogens is 428 g/mol. The molecule has 1 saturated heterocycles. The molecule has 3 rings (SSSR count). The van der Waals surface area contributed by atoms with Crippen LogP contribution < -0.4 is 14.8 Å². The lowest BCUT2D eigenvalue weighted by Crippen LogP contribution is -2.36. The summed E-state index contributed by atoms with van der Waals surface area (Å²) in [6.45, 7) is 5.52. The molecule has 32 heavy (non-hydrogen) atoms. The minimum absolute atomic E-state index is 0.0390. The number of carbonyl (C=O) groups is 3. The quantitative estimate of drug-likeness (QED) is 0.574. The summed E-state index contributed by atoms with van der Waals surface area (Å²) in [6.07, 6.45) is 2.51. The van der Waals surface area contributed by atoms with E-state index in [2.05, 4.69) is 5.32 Å². The number of imide groups is 1. The Morgan fingerprint density at radius 2 is 1.94 bits per heavy atom. The minimum Gasteiger partial charge on any atom is -0.493 e. The van der Waals surface area contributed by atoms with Crippen LogP contribution in [0.4, 0.5) is 10.5 Å². The maximum atomic E-state index is 12.8. The number of amides is 3. The first-order valence-electron chi connectivity index (χ1n) is 10.3. The van der Waals surface area contributed by atoms with Crippen LogP contribution in [0.25, 0.3) is 6.08 Å². The smallest absolute Gasteiger partial charge is 0.294 e. The van der Waals surface area contributed by atoms with E-state index in [1.807, 2.05) is 32.9 Å². The normalized spacial score (nSPS) is 15.8. The number of methoxy groups -OCH3 is 1. The molecule has 7 nitrogen and oxygen atoms in total. The van der Waals surface area contributed by atoms with E-state index in [1.54, 1.807) is 43.5 Å². The van der Waals surface area contributed by atoms with Gasteiger partial charge in [-0.3, -0.25) is 19.3 Å². The van der Waals surface area contributed by atoms with Crippen LogP contribution in [0.3, 0.4) is 0 Å². The molecule has 0 unspecified atom stereocenters. The third-order valence-electron chi connectivity index (χ3n) is 4.98. The van der Waals surface area contributed by atoms with Crippen molar-refractivity contribution >= 4 is 40.6 Å². The zero-order valence-electron chi connectivity index (χ0n) is 18.5. The van der Waals surface area contributed by atoms with Crippen LogP contribution in [0.2, 0.25) is 0 Å². The molecule has 0 saturated carbocycles. The Bertz CT molecular complexity index is 1070. The molecule has 1 fully saturated rings. The van der Waals surface area contributed by atoms with Crippen molar-refractivity contribution in [1.82, 2.24) is 4.90 Å². The third-order valence-corrected chi connectivity index (χ3v) is 5.89. The second-order valence-corrected chi connectivity index (χ2v) is 8.37. The first kappa shape index (κ1) is 23.4. The predicted octanol–water partition coefficient (Wildman–Crippen LogP) is 4.86. The first-order chi connectivity index (χ1) is 15.3. The van der Waals surface area contributed by atoms with Crippen molar-refractivity contribution in [3.8, 4) is 11.5 Å². The molecule has 8 heteroatoms. The van der Waals surface area contributed by atoms with Crippen molar-refractivity contribution in [3.05, 3.63) is 58.5 Å². The highest BCUT2D eigenvalue weighted by Crippen LogP contribution is 2.35. The highest BCUT2D eigenvalue weighted by atomic mass is 32.2.